The Morgan fingerprint density at radius 3 is 2.21 bits per heavy atom. The van der Waals surface area contributed by atoms with Gasteiger partial charge < -0.3 is 0 Å². The SMILES string of the molecule is CCc1cc(C)cc(CC)c1C1C(=O)CC(Cc2cccc(C(C)(F)F)c2)C1=O. The fraction of sp³-hybridized carbons (Fsp3) is 0.440. The average molecular weight is 398 g/mol. The molecule has 0 heterocycles. The minimum Gasteiger partial charge on any atom is -0.298 e. The lowest BCUT2D eigenvalue weighted by atomic mass is 9.83. The summed E-state index contributed by atoms with van der Waals surface area (Å²) in [5.74, 6) is -4.23. The molecular formula is C25H28F2O2. The highest BCUT2D eigenvalue weighted by molar-refractivity contribution is 6.15. The molecule has 2 aromatic rings. The number of alkyl halides is 2. The van der Waals surface area contributed by atoms with Gasteiger partial charge in [0.2, 0.25) is 0 Å². The zero-order valence-electron chi connectivity index (χ0n) is 17.5. The lowest BCUT2D eigenvalue weighted by molar-refractivity contribution is -0.124. The summed E-state index contributed by atoms with van der Waals surface area (Å²) in [6.45, 7) is 6.97. The van der Waals surface area contributed by atoms with Gasteiger partial charge in [0.25, 0.3) is 5.92 Å². The van der Waals surface area contributed by atoms with Crippen LogP contribution in [0.2, 0.25) is 0 Å². The van der Waals surface area contributed by atoms with Crippen molar-refractivity contribution in [3.63, 3.8) is 0 Å². The van der Waals surface area contributed by atoms with Gasteiger partial charge in [-0.2, -0.15) is 0 Å². The molecule has 0 N–H and O–H groups in total. The predicted molar refractivity (Wildman–Crippen MR) is 111 cm³/mol. The number of ketones is 2. The number of benzene rings is 2. The highest BCUT2D eigenvalue weighted by Gasteiger charge is 2.43. The summed E-state index contributed by atoms with van der Waals surface area (Å²) in [5.41, 5.74) is 4.74. The Kier molecular flexibility index (Phi) is 6.02. The average Bonchev–Trinajstić information content (AvgIpc) is 2.93. The number of carbonyl (C=O) groups excluding carboxylic acids is 2. The highest BCUT2D eigenvalue weighted by Crippen LogP contribution is 2.38. The molecule has 0 saturated heterocycles. The van der Waals surface area contributed by atoms with E-state index in [1.165, 1.54) is 12.1 Å². The molecule has 0 radical (unpaired) electrons. The molecule has 1 fully saturated rings. The van der Waals surface area contributed by atoms with Crippen LogP contribution in [0.25, 0.3) is 0 Å². The molecule has 1 aliphatic carbocycles. The monoisotopic (exact) mass is 398 g/mol. The zero-order valence-corrected chi connectivity index (χ0v) is 17.5. The van der Waals surface area contributed by atoms with E-state index in [4.69, 9.17) is 0 Å². The molecule has 0 bridgehead atoms. The third kappa shape index (κ3) is 4.31. The van der Waals surface area contributed by atoms with Crippen LogP contribution >= 0.6 is 0 Å². The first-order chi connectivity index (χ1) is 13.7. The van der Waals surface area contributed by atoms with Gasteiger partial charge in [-0.25, -0.2) is 8.78 Å². The largest absolute Gasteiger partial charge is 0.298 e. The number of rotatable bonds is 6. The summed E-state index contributed by atoms with van der Waals surface area (Å²) in [6.07, 6.45) is 2.02. The molecule has 1 saturated carbocycles. The van der Waals surface area contributed by atoms with Crippen LogP contribution in [0.5, 0.6) is 0 Å². The molecule has 0 amide bonds. The zero-order chi connectivity index (χ0) is 21.3. The second-order valence-electron chi connectivity index (χ2n) is 8.20. The van der Waals surface area contributed by atoms with Gasteiger partial charge in [-0.15, -0.1) is 0 Å². The third-order valence-electron chi connectivity index (χ3n) is 5.92. The van der Waals surface area contributed by atoms with E-state index in [0.29, 0.717) is 12.0 Å². The van der Waals surface area contributed by atoms with Crippen molar-refractivity contribution in [3.05, 3.63) is 69.8 Å². The topological polar surface area (TPSA) is 34.1 Å². The molecule has 1 aliphatic rings. The lowest BCUT2D eigenvalue weighted by Gasteiger charge is -2.19. The number of hydrogen-bond donors (Lipinski definition) is 0. The first-order valence-electron chi connectivity index (χ1n) is 10.3. The normalized spacial score (nSPS) is 19.8. The van der Waals surface area contributed by atoms with Crippen molar-refractivity contribution < 1.29 is 18.4 Å². The summed E-state index contributed by atoms with van der Waals surface area (Å²) in [6, 6.07) is 10.3. The summed E-state index contributed by atoms with van der Waals surface area (Å²) < 4.78 is 27.3. The Morgan fingerprint density at radius 2 is 1.66 bits per heavy atom. The standard InChI is InChI=1S/C25H28F2O2/c1-5-17-10-15(3)11-18(6-2)22(17)23-21(28)14-19(24(23)29)12-16-8-7-9-20(13-16)25(4,26)27/h7-11,13,19,23H,5-6,12,14H2,1-4H3. The number of aryl methyl sites for hydroxylation is 3. The van der Waals surface area contributed by atoms with Gasteiger partial charge in [-0.1, -0.05) is 49.7 Å². The van der Waals surface area contributed by atoms with Crippen LogP contribution in [0, 0.1) is 12.8 Å². The minimum atomic E-state index is -2.93. The maximum Gasteiger partial charge on any atom is 0.270 e. The Balaban J connectivity index is 1.92. The van der Waals surface area contributed by atoms with Crippen molar-refractivity contribution in [2.24, 2.45) is 5.92 Å². The maximum absolute atomic E-state index is 13.6. The second-order valence-corrected chi connectivity index (χ2v) is 8.20. The van der Waals surface area contributed by atoms with Crippen LogP contribution in [0.15, 0.2) is 36.4 Å². The van der Waals surface area contributed by atoms with E-state index in [0.717, 1.165) is 42.0 Å². The fourth-order valence-corrected chi connectivity index (χ4v) is 4.50. The van der Waals surface area contributed by atoms with E-state index in [1.54, 1.807) is 12.1 Å². The quantitative estimate of drug-likeness (QED) is 0.584. The van der Waals surface area contributed by atoms with E-state index in [9.17, 15) is 18.4 Å². The van der Waals surface area contributed by atoms with Crippen molar-refractivity contribution in [1.29, 1.82) is 0 Å². The van der Waals surface area contributed by atoms with Gasteiger partial charge in [0.15, 0.2) is 5.78 Å². The smallest absolute Gasteiger partial charge is 0.270 e. The number of Topliss-reactive ketones (excluding diaryl/α,β-unsaturated/α-hetero) is 2. The van der Waals surface area contributed by atoms with Crippen molar-refractivity contribution >= 4 is 11.6 Å². The van der Waals surface area contributed by atoms with E-state index in [-0.39, 0.29) is 23.6 Å². The number of carbonyl (C=O) groups is 2. The predicted octanol–water partition coefficient (Wildman–Crippen LogP) is 5.72. The first kappa shape index (κ1) is 21.4. The second kappa shape index (κ2) is 8.17. The van der Waals surface area contributed by atoms with Gasteiger partial charge in [0.1, 0.15) is 11.7 Å². The van der Waals surface area contributed by atoms with Crippen LogP contribution < -0.4 is 0 Å². The van der Waals surface area contributed by atoms with Gasteiger partial charge >= 0.3 is 0 Å². The molecule has 4 heteroatoms. The van der Waals surface area contributed by atoms with E-state index in [1.807, 2.05) is 20.8 Å². The van der Waals surface area contributed by atoms with Crippen LogP contribution in [-0.2, 0) is 34.8 Å². The maximum atomic E-state index is 13.6. The van der Waals surface area contributed by atoms with Gasteiger partial charge in [-0.3, -0.25) is 9.59 Å². The number of halogens is 2. The summed E-state index contributed by atoms with van der Waals surface area (Å²) in [5, 5.41) is 0. The molecule has 2 nitrogen and oxygen atoms in total. The van der Waals surface area contributed by atoms with Crippen LogP contribution in [0.3, 0.4) is 0 Å². The van der Waals surface area contributed by atoms with Crippen molar-refractivity contribution in [2.45, 2.75) is 65.2 Å². The molecule has 0 spiro atoms. The number of hydrogen-bond acceptors (Lipinski definition) is 2. The van der Waals surface area contributed by atoms with E-state index in [2.05, 4.69) is 12.1 Å². The van der Waals surface area contributed by atoms with E-state index >= 15 is 0 Å². The van der Waals surface area contributed by atoms with Crippen molar-refractivity contribution in [3.8, 4) is 0 Å². The van der Waals surface area contributed by atoms with Crippen LogP contribution in [0.1, 0.15) is 66.5 Å². The van der Waals surface area contributed by atoms with Crippen LogP contribution in [-0.4, -0.2) is 11.6 Å². The summed E-state index contributed by atoms with van der Waals surface area (Å²) in [7, 11) is 0. The van der Waals surface area contributed by atoms with Gasteiger partial charge in [0.05, 0.1) is 0 Å². The molecule has 154 valence electrons. The Bertz CT molecular complexity index is 915. The molecular weight excluding hydrogens is 370 g/mol. The van der Waals surface area contributed by atoms with Crippen molar-refractivity contribution in [2.75, 3.05) is 0 Å². The van der Waals surface area contributed by atoms with Crippen molar-refractivity contribution in [1.82, 2.24) is 0 Å². The molecule has 2 atom stereocenters. The molecule has 0 aliphatic heterocycles. The third-order valence-corrected chi connectivity index (χ3v) is 5.92. The first-order valence-corrected chi connectivity index (χ1v) is 10.3. The lowest BCUT2D eigenvalue weighted by Crippen LogP contribution is -2.20. The Morgan fingerprint density at radius 1 is 1.03 bits per heavy atom. The minimum absolute atomic E-state index is 0.0507. The van der Waals surface area contributed by atoms with Crippen LogP contribution in [0.4, 0.5) is 8.78 Å². The highest BCUT2D eigenvalue weighted by atomic mass is 19.3. The van der Waals surface area contributed by atoms with E-state index < -0.39 is 17.8 Å². The molecule has 29 heavy (non-hydrogen) atoms. The van der Waals surface area contributed by atoms with Gasteiger partial charge in [-0.05, 0) is 54.5 Å². The molecule has 3 rings (SSSR count). The Labute approximate surface area is 171 Å². The molecule has 2 aromatic carbocycles. The van der Waals surface area contributed by atoms with Gasteiger partial charge in [0, 0.05) is 24.8 Å². The molecule has 0 aromatic heterocycles. The Hall–Kier alpha value is -2.36. The summed E-state index contributed by atoms with van der Waals surface area (Å²) >= 11 is 0. The fourth-order valence-electron chi connectivity index (χ4n) is 4.50. The molecule has 2 unspecified atom stereocenters. The summed E-state index contributed by atoms with van der Waals surface area (Å²) in [4.78, 5) is 26.1.